The van der Waals surface area contributed by atoms with Crippen LogP contribution in [0.15, 0.2) is 24.3 Å². The molecule has 1 amide bonds. The second kappa shape index (κ2) is 7.44. The van der Waals surface area contributed by atoms with E-state index in [9.17, 15) is 14.9 Å². The lowest BCUT2D eigenvalue weighted by Crippen LogP contribution is -2.40. The highest BCUT2D eigenvalue weighted by atomic mass is 16.6. The molecule has 0 aliphatic heterocycles. The van der Waals surface area contributed by atoms with Crippen molar-refractivity contribution in [2.75, 3.05) is 6.54 Å². The summed E-state index contributed by atoms with van der Waals surface area (Å²) in [5, 5.41) is 13.0. The highest BCUT2D eigenvalue weighted by molar-refractivity contribution is 5.67. The number of non-ortho nitro benzene ring substituents is 1. The van der Waals surface area contributed by atoms with Gasteiger partial charge in [0.15, 0.2) is 0 Å². The molecule has 0 spiro atoms. The number of carbonyl (C=O) groups is 1. The van der Waals surface area contributed by atoms with Crippen molar-refractivity contribution in [1.29, 1.82) is 0 Å². The van der Waals surface area contributed by atoms with Crippen molar-refractivity contribution < 1.29 is 14.5 Å². The number of benzene rings is 1. The molecule has 0 radical (unpaired) electrons. The van der Waals surface area contributed by atoms with E-state index < -0.39 is 11.0 Å². The molecule has 0 aliphatic rings. The maximum atomic E-state index is 11.4. The van der Waals surface area contributed by atoms with Crippen molar-refractivity contribution in [2.45, 2.75) is 26.5 Å². The largest absolute Gasteiger partial charge is 0.445 e. The first kappa shape index (κ1) is 15.9. The van der Waals surface area contributed by atoms with Crippen molar-refractivity contribution in [3.05, 3.63) is 39.9 Å². The van der Waals surface area contributed by atoms with Gasteiger partial charge in [0.2, 0.25) is 0 Å². The molecule has 7 heteroatoms. The van der Waals surface area contributed by atoms with Gasteiger partial charge in [-0.1, -0.05) is 13.8 Å². The number of carbonyl (C=O) groups excluding carboxylic acids is 1. The summed E-state index contributed by atoms with van der Waals surface area (Å²) in [6.45, 7) is 4.33. The zero-order valence-electron chi connectivity index (χ0n) is 11.5. The zero-order chi connectivity index (χ0) is 15.1. The minimum Gasteiger partial charge on any atom is -0.445 e. The third kappa shape index (κ3) is 5.23. The lowest BCUT2D eigenvalue weighted by atomic mass is 10.1. The Bertz CT molecular complexity index is 459. The highest BCUT2D eigenvalue weighted by Crippen LogP contribution is 2.12. The molecule has 20 heavy (non-hydrogen) atoms. The lowest BCUT2D eigenvalue weighted by molar-refractivity contribution is -0.384. The van der Waals surface area contributed by atoms with Crippen LogP contribution in [0.4, 0.5) is 10.5 Å². The molecule has 0 heterocycles. The molecule has 1 rings (SSSR count). The SMILES string of the molecule is CC(C)[C@H](N)CNC(=O)OCc1ccc([N+](=O)[O-])cc1. The fourth-order valence-corrected chi connectivity index (χ4v) is 1.35. The van der Waals surface area contributed by atoms with E-state index in [1.807, 2.05) is 13.8 Å². The van der Waals surface area contributed by atoms with Gasteiger partial charge in [-0.15, -0.1) is 0 Å². The van der Waals surface area contributed by atoms with Crippen LogP contribution in [0.3, 0.4) is 0 Å². The van der Waals surface area contributed by atoms with Gasteiger partial charge in [-0.2, -0.15) is 0 Å². The molecule has 1 aromatic rings. The molecule has 0 bridgehead atoms. The predicted molar refractivity (Wildman–Crippen MR) is 74.1 cm³/mol. The van der Waals surface area contributed by atoms with Crippen LogP contribution in [0.1, 0.15) is 19.4 Å². The first-order valence-corrected chi connectivity index (χ1v) is 6.29. The summed E-state index contributed by atoms with van der Waals surface area (Å²) in [4.78, 5) is 21.4. The van der Waals surface area contributed by atoms with Crippen LogP contribution in [0.2, 0.25) is 0 Å². The first-order valence-electron chi connectivity index (χ1n) is 6.29. The Balaban J connectivity index is 2.35. The highest BCUT2D eigenvalue weighted by Gasteiger charge is 2.10. The monoisotopic (exact) mass is 281 g/mol. The summed E-state index contributed by atoms with van der Waals surface area (Å²) in [6.07, 6.45) is -0.556. The summed E-state index contributed by atoms with van der Waals surface area (Å²) in [6, 6.07) is 5.70. The molecule has 1 atom stereocenters. The number of rotatable bonds is 6. The molecule has 1 aromatic carbocycles. The number of hydrogen-bond acceptors (Lipinski definition) is 5. The van der Waals surface area contributed by atoms with E-state index in [-0.39, 0.29) is 24.3 Å². The van der Waals surface area contributed by atoms with Crippen molar-refractivity contribution in [3.63, 3.8) is 0 Å². The van der Waals surface area contributed by atoms with Gasteiger partial charge in [-0.3, -0.25) is 10.1 Å². The maximum Gasteiger partial charge on any atom is 0.407 e. The Labute approximate surface area is 117 Å². The molecule has 0 unspecified atom stereocenters. The molecule has 110 valence electrons. The molecule has 0 aliphatic carbocycles. The van der Waals surface area contributed by atoms with E-state index in [4.69, 9.17) is 10.5 Å². The summed E-state index contributed by atoms with van der Waals surface area (Å²) in [5.74, 6) is 0.268. The quantitative estimate of drug-likeness (QED) is 0.610. The molecule has 7 nitrogen and oxygen atoms in total. The third-order valence-electron chi connectivity index (χ3n) is 2.86. The van der Waals surface area contributed by atoms with Gasteiger partial charge in [-0.05, 0) is 23.6 Å². The van der Waals surface area contributed by atoms with Crippen molar-refractivity contribution in [3.8, 4) is 0 Å². The van der Waals surface area contributed by atoms with Crippen LogP contribution in [0.25, 0.3) is 0 Å². The van der Waals surface area contributed by atoms with Gasteiger partial charge in [0.25, 0.3) is 5.69 Å². The van der Waals surface area contributed by atoms with E-state index in [0.29, 0.717) is 12.1 Å². The molecule has 3 N–H and O–H groups in total. The minimum absolute atomic E-state index is 0.00103. The Morgan fingerprint density at radius 3 is 2.50 bits per heavy atom. The van der Waals surface area contributed by atoms with Gasteiger partial charge in [-0.25, -0.2) is 4.79 Å². The number of alkyl carbamates (subject to hydrolysis) is 1. The van der Waals surface area contributed by atoms with Crippen LogP contribution < -0.4 is 11.1 Å². The van der Waals surface area contributed by atoms with Crippen molar-refractivity contribution in [1.82, 2.24) is 5.32 Å². The Morgan fingerprint density at radius 1 is 1.40 bits per heavy atom. The number of nitro groups is 1. The van der Waals surface area contributed by atoms with Crippen molar-refractivity contribution in [2.24, 2.45) is 11.7 Å². The minimum atomic E-state index is -0.556. The summed E-state index contributed by atoms with van der Waals surface area (Å²) >= 11 is 0. The number of nitrogens with one attached hydrogen (secondary N) is 1. The first-order chi connectivity index (χ1) is 9.40. The molecular formula is C13H19N3O4. The van der Waals surface area contributed by atoms with Gasteiger partial charge < -0.3 is 15.8 Å². The zero-order valence-corrected chi connectivity index (χ0v) is 11.5. The molecule has 0 fully saturated rings. The standard InChI is InChI=1S/C13H19N3O4/c1-9(2)12(14)7-15-13(17)20-8-10-3-5-11(6-4-10)16(18)19/h3-6,9,12H,7-8,14H2,1-2H3,(H,15,17)/t12-/m1/s1. The van der Waals surface area contributed by atoms with Crippen molar-refractivity contribution >= 4 is 11.8 Å². The van der Waals surface area contributed by atoms with E-state index in [2.05, 4.69) is 5.32 Å². The molecule has 0 aromatic heterocycles. The molecule has 0 saturated carbocycles. The van der Waals surface area contributed by atoms with Gasteiger partial charge in [0.1, 0.15) is 6.61 Å². The number of ether oxygens (including phenoxy) is 1. The maximum absolute atomic E-state index is 11.4. The Morgan fingerprint density at radius 2 is 2.00 bits per heavy atom. The number of nitro benzene ring substituents is 1. The smallest absolute Gasteiger partial charge is 0.407 e. The predicted octanol–water partition coefficient (Wildman–Crippen LogP) is 1.80. The average molecular weight is 281 g/mol. The number of hydrogen-bond donors (Lipinski definition) is 2. The van der Waals surface area contributed by atoms with Crippen LogP contribution in [-0.4, -0.2) is 23.6 Å². The van der Waals surface area contributed by atoms with Crippen LogP contribution in [0, 0.1) is 16.0 Å². The van der Waals surface area contributed by atoms with E-state index >= 15 is 0 Å². The molecular weight excluding hydrogens is 262 g/mol. The Kier molecular flexibility index (Phi) is 5.92. The van der Waals surface area contributed by atoms with E-state index in [1.165, 1.54) is 12.1 Å². The number of nitrogens with zero attached hydrogens (tertiary/aromatic N) is 1. The Hall–Kier alpha value is -2.15. The fourth-order valence-electron chi connectivity index (χ4n) is 1.35. The van der Waals surface area contributed by atoms with Gasteiger partial charge >= 0.3 is 6.09 Å². The van der Waals surface area contributed by atoms with Gasteiger partial charge in [0, 0.05) is 24.7 Å². The topological polar surface area (TPSA) is 107 Å². The summed E-state index contributed by atoms with van der Waals surface area (Å²) in [5.41, 5.74) is 6.46. The van der Waals surface area contributed by atoms with Gasteiger partial charge in [0.05, 0.1) is 4.92 Å². The van der Waals surface area contributed by atoms with E-state index in [1.54, 1.807) is 12.1 Å². The normalized spacial score (nSPS) is 12.0. The second-order valence-electron chi connectivity index (χ2n) is 4.79. The summed E-state index contributed by atoms with van der Waals surface area (Å²) in [7, 11) is 0. The van der Waals surface area contributed by atoms with Crippen LogP contribution in [0.5, 0.6) is 0 Å². The lowest BCUT2D eigenvalue weighted by Gasteiger charge is -2.16. The van der Waals surface area contributed by atoms with Crippen LogP contribution in [-0.2, 0) is 11.3 Å². The third-order valence-corrected chi connectivity index (χ3v) is 2.86. The van der Waals surface area contributed by atoms with Crippen LogP contribution >= 0.6 is 0 Å². The number of nitrogens with two attached hydrogens (primary N) is 1. The summed E-state index contributed by atoms with van der Waals surface area (Å²) < 4.78 is 4.98. The average Bonchev–Trinajstić information content (AvgIpc) is 2.42. The second-order valence-corrected chi connectivity index (χ2v) is 4.79. The number of amides is 1. The van der Waals surface area contributed by atoms with E-state index in [0.717, 1.165) is 0 Å². The molecule has 0 saturated heterocycles. The fraction of sp³-hybridized carbons (Fsp3) is 0.462.